The van der Waals surface area contributed by atoms with Crippen LogP contribution in [-0.4, -0.2) is 65.4 Å². The van der Waals surface area contributed by atoms with Crippen molar-refractivity contribution in [3.63, 3.8) is 0 Å². The Bertz CT molecular complexity index is 1320. The van der Waals surface area contributed by atoms with Crippen LogP contribution in [-0.2, 0) is 16.1 Å². The SMILES string of the molecule is C=CC(=O)N1CC(OCCn2c(=O)c(-c3cc(OC)cc(OC)c3Cl)cc3cnc(C)nc32)C1. The van der Waals surface area contributed by atoms with Gasteiger partial charge in [0.15, 0.2) is 0 Å². The predicted molar refractivity (Wildman–Crippen MR) is 129 cm³/mol. The topological polar surface area (TPSA) is 95.8 Å². The van der Waals surface area contributed by atoms with Crippen LogP contribution >= 0.6 is 11.6 Å². The molecule has 0 aliphatic carbocycles. The monoisotopic (exact) mass is 484 g/mol. The quantitative estimate of drug-likeness (QED) is 0.453. The Kier molecular flexibility index (Phi) is 6.85. The maximum Gasteiger partial charge on any atom is 0.260 e. The van der Waals surface area contributed by atoms with Crippen LogP contribution < -0.4 is 15.0 Å². The van der Waals surface area contributed by atoms with E-state index in [1.54, 1.807) is 40.8 Å². The molecule has 0 unspecified atom stereocenters. The lowest BCUT2D eigenvalue weighted by Gasteiger charge is -2.38. The third-order valence-electron chi connectivity index (χ3n) is 5.71. The number of likely N-dealkylation sites (tertiary alicyclic amines) is 1. The summed E-state index contributed by atoms with van der Waals surface area (Å²) in [5.41, 5.74) is 1.09. The van der Waals surface area contributed by atoms with E-state index < -0.39 is 0 Å². The summed E-state index contributed by atoms with van der Waals surface area (Å²) >= 11 is 6.57. The first-order chi connectivity index (χ1) is 16.4. The van der Waals surface area contributed by atoms with Gasteiger partial charge in [-0.2, -0.15) is 0 Å². The number of ether oxygens (including phenoxy) is 3. The van der Waals surface area contributed by atoms with Crippen LogP contribution in [0.25, 0.3) is 22.2 Å². The fraction of sp³-hybridized carbons (Fsp3) is 0.333. The van der Waals surface area contributed by atoms with Gasteiger partial charge in [0.1, 0.15) is 23.0 Å². The highest BCUT2D eigenvalue weighted by molar-refractivity contribution is 6.35. The van der Waals surface area contributed by atoms with Crippen LogP contribution in [0, 0.1) is 6.92 Å². The minimum Gasteiger partial charge on any atom is -0.497 e. The third kappa shape index (κ3) is 4.49. The summed E-state index contributed by atoms with van der Waals surface area (Å²) in [6.45, 7) is 6.80. The van der Waals surface area contributed by atoms with Crippen LogP contribution in [0.4, 0.5) is 0 Å². The zero-order valence-corrected chi connectivity index (χ0v) is 20.0. The Morgan fingerprint density at radius 2 is 2.00 bits per heavy atom. The van der Waals surface area contributed by atoms with E-state index in [1.165, 1.54) is 20.3 Å². The van der Waals surface area contributed by atoms with E-state index in [1.807, 2.05) is 0 Å². The summed E-state index contributed by atoms with van der Waals surface area (Å²) in [7, 11) is 3.03. The average molecular weight is 485 g/mol. The molecule has 0 N–H and O–H groups in total. The van der Waals surface area contributed by atoms with Crippen molar-refractivity contribution in [2.24, 2.45) is 0 Å². The number of pyridine rings is 1. The number of aryl methyl sites for hydroxylation is 1. The molecule has 0 spiro atoms. The molecule has 1 aliphatic heterocycles. The fourth-order valence-electron chi connectivity index (χ4n) is 3.84. The van der Waals surface area contributed by atoms with Gasteiger partial charge in [-0.25, -0.2) is 9.97 Å². The number of hydrogen-bond acceptors (Lipinski definition) is 7. The molecule has 1 aromatic carbocycles. The first-order valence-corrected chi connectivity index (χ1v) is 11.1. The average Bonchev–Trinajstić information content (AvgIpc) is 2.81. The molecule has 2 aromatic heterocycles. The molecule has 1 aliphatic rings. The van der Waals surface area contributed by atoms with Crippen molar-refractivity contribution in [2.75, 3.05) is 33.9 Å². The number of hydrogen-bond donors (Lipinski definition) is 0. The zero-order valence-electron chi connectivity index (χ0n) is 19.2. The lowest BCUT2D eigenvalue weighted by Crippen LogP contribution is -2.54. The van der Waals surface area contributed by atoms with Crippen LogP contribution in [0.5, 0.6) is 11.5 Å². The third-order valence-corrected chi connectivity index (χ3v) is 6.10. The van der Waals surface area contributed by atoms with Crippen LogP contribution in [0.15, 0.2) is 41.8 Å². The van der Waals surface area contributed by atoms with Gasteiger partial charge in [0.05, 0.1) is 38.5 Å². The summed E-state index contributed by atoms with van der Waals surface area (Å²) in [4.78, 5) is 35.7. The minimum absolute atomic E-state index is 0.0810. The second kappa shape index (κ2) is 9.82. The molecular weight excluding hydrogens is 460 g/mol. The Balaban J connectivity index is 1.69. The van der Waals surface area contributed by atoms with E-state index in [0.717, 1.165) is 0 Å². The summed E-state index contributed by atoms with van der Waals surface area (Å²) in [5, 5.41) is 0.987. The van der Waals surface area contributed by atoms with Crippen molar-refractivity contribution in [2.45, 2.75) is 19.6 Å². The highest BCUT2D eigenvalue weighted by atomic mass is 35.5. The molecule has 178 valence electrons. The van der Waals surface area contributed by atoms with Gasteiger partial charge in [-0.05, 0) is 25.1 Å². The Morgan fingerprint density at radius 1 is 1.24 bits per heavy atom. The van der Waals surface area contributed by atoms with Crippen LogP contribution in [0.2, 0.25) is 5.02 Å². The van der Waals surface area contributed by atoms with E-state index >= 15 is 0 Å². The highest BCUT2D eigenvalue weighted by Gasteiger charge is 2.29. The number of aromatic nitrogens is 3. The maximum atomic E-state index is 13.6. The number of methoxy groups -OCH3 is 2. The number of halogens is 1. The van der Waals surface area contributed by atoms with Gasteiger partial charge in [0.2, 0.25) is 5.91 Å². The smallest absolute Gasteiger partial charge is 0.260 e. The summed E-state index contributed by atoms with van der Waals surface area (Å²) in [6, 6.07) is 5.08. The molecule has 0 radical (unpaired) electrons. The number of carbonyl (C=O) groups is 1. The number of rotatable bonds is 8. The van der Waals surface area contributed by atoms with Crippen molar-refractivity contribution in [1.29, 1.82) is 0 Å². The van der Waals surface area contributed by atoms with Gasteiger partial charge >= 0.3 is 0 Å². The first kappa shape index (κ1) is 23.7. The molecule has 9 nitrogen and oxygen atoms in total. The second-order valence-electron chi connectivity index (χ2n) is 7.84. The molecular formula is C24H25ClN4O5. The van der Waals surface area contributed by atoms with Gasteiger partial charge < -0.3 is 19.1 Å². The number of fused-ring (bicyclic) bond motifs is 1. The largest absolute Gasteiger partial charge is 0.497 e. The predicted octanol–water partition coefficient (Wildman–Crippen LogP) is 2.85. The Hall–Kier alpha value is -3.43. The molecule has 3 heterocycles. The molecule has 3 aromatic rings. The van der Waals surface area contributed by atoms with Crippen molar-refractivity contribution in [1.82, 2.24) is 19.4 Å². The summed E-state index contributed by atoms with van der Waals surface area (Å²) in [5.74, 6) is 1.34. The van der Waals surface area contributed by atoms with E-state index in [2.05, 4.69) is 16.5 Å². The number of carbonyl (C=O) groups excluding carboxylic acids is 1. The minimum atomic E-state index is -0.275. The molecule has 1 saturated heterocycles. The molecule has 0 bridgehead atoms. The van der Waals surface area contributed by atoms with Crippen molar-refractivity contribution in [3.8, 4) is 22.6 Å². The van der Waals surface area contributed by atoms with Gasteiger partial charge in [-0.15, -0.1) is 0 Å². The Morgan fingerprint density at radius 3 is 2.68 bits per heavy atom. The normalized spacial score (nSPS) is 13.6. The van der Waals surface area contributed by atoms with Gasteiger partial charge in [0.25, 0.3) is 5.56 Å². The van der Waals surface area contributed by atoms with Crippen LogP contribution in [0.1, 0.15) is 5.82 Å². The number of nitrogens with zero attached hydrogens (tertiary/aromatic N) is 4. The van der Waals surface area contributed by atoms with Gasteiger partial charge in [0, 0.05) is 41.9 Å². The molecule has 1 amide bonds. The first-order valence-electron chi connectivity index (χ1n) is 10.7. The van der Waals surface area contributed by atoms with Gasteiger partial charge in [-0.3, -0.25) is 14.2 Å². The van der Waals surface area contributed by atoms with Crippen molar-refractivity contribution < 1.29 is 19.0 Å². The molecule has 34 heavy (non-hydrogen) atoms. The van der Waals surface area contributed by atoms with Crippen LogP contribution in [0.3, 0.4) is 0 Å². The zero-order chi connectivity index (χ0) is 24.4. The number of benzene rings is 1. The molecule has 0 atom stereocenters. The Labute approximate surface area is 201 Å². The molecule has 10 heteroatoms. The lowest BCUT2D eigenvalue weighted by molar-refractivity contribution is -0.139. The van der Waals surface area contributed by atoms with Crippen molar-refractivity contribution >= 4 is 28.5 Å². The highest BCUT2D eigenvalue weighted by Crippen LogP contribution is 2.38. The van der Waals surface area contributed by atoms with E-state index in [0.29, 0.717) is 57.6 Å². The van der Waals surface area contributed by atoms with Crippen molar-refractivity contribution in [3.05, 3.63) is 58.3 Å². The molecule has 0 saturated carbocycles. The fourth-order valence-corrected chi connectivity index (χ4v) is 4.13. The standard InChI is InChI=1S/C24H25ClN4O5/c1-5-21(30)28-12-17(13-28)34-7-6-29-23-15(11-26-14(2)27-23)8-19(24(29)31)18-9-16(32-3)10-20(33-4)22(18)25/h5,8-11,17H,1,6-7,12-13H2,2-4H3. The van der Waals surface area contributed by atoms with E-state index in [4.69, 9.17) is 25.8 Å². The second-order valence-corrected chi connectivity index (χ2v) is 8.22. The molecule has 1 fully saturated rings. The maximum absolute atomic E-state index is 13.6. The lowest BCUT2D eigenvalue weighted by atomic mass is 10.0. The molecule has 4 rings (SSSR count). The van der Waals surface area contributed by atoms with E-state index in [9.17, 15) is 9.59 Å². The number of amides is 1. The van der Waals surface area contributed by atoms with Gasteiger partial charge in [-0.1, -0.05) is 18.2 Å². The summed E-state index contributed by atoms with van der Waals surface area (Å²) in [6.07, 6.45) is 2.88. The van der Waals surface area contributed by atoms with E-state index in [-0.39, 0.29) is 30.7 Å². The summed E-state index contributed by atoms with van der Waals surface area (Å²) < 4.78 is 18.2.